The van der Waals surface area contributed by atoms with Crippen molar-refractivity contribution in [2.75, 3.05) is 30.7 Å². The molecule has 10 heteroatoms. The number of fused-ring (bicyclic) bond motifs is 1. The van der Waals surface area contributed by atoms with Crippen LogP contribution in [0.4, 0.5) is 5.69 Å². The van der Waals surface area contributed by atoms with Crippen molar-refractivity contribution < 1.29 is 27.4 Å². The predicted molar refractivity (Wildman–Crippen MR) is 136 cm³/mol. The molecule has 0 saturated carbocycles. The van der Waals surface area contributed by atoms with Crippen LogP contribution in [0.3, 0.4) is 0 Å². The van der Waals surface area contributed by atoms with Gasteiger partial charge in [0.05, 0.1) is 22.9 Å². The molecule has 1 aliphatic rings. The van der Waals surface area contributed by atoms with Gasteiger partial charge in [0, 0.05) is 5.56 Å². The highest BCUT2D eigenvalue weighted by Crippen LogP contribution is 2.33. The fourth-order valence-corrected chi connectivity index (χ4v) is 5.06. The summed E-state index contributed by atoms with van der Waals surface area (Å²) in [6.07, 6.45) is 0. The fraction of sp³-hybridized carbons (Fsp3) is 0.231. The molecule has 0 atom stereocenters. The zero-order valence-electron chi connectivity index (χ0n) is 20.0. The molecule has 1 N–H and O–H groups in total. The Kier molecular flexibility index (Phi) is 7.74. The first-order valence-electron chi connectivity index (χ1n) is 11.4. The number of hydrazone groups is 1. The van der Waals surface area contributed by atoms with Gasteiger partial charge in [-0.3, -0.25) is 9.10 Å². The van der Waals surface area contributed by atoms with E-state index in [-0.39, 0.29) is 10.6 Å². The van der Waals surface area contributed by atoms with E-state index in [1.165, 1.54) is 12.1 Å². The molecule has 0 radical (unpaired) electrons. The molecule has 0 aromatic heterocycles. The lowest BCUT2D eigenvalue weighted by atomic mass is 10.1. The average molecular weight is 510 g/mol. The summed E-state index contributed by atoms with van der Waals surface area (Å²) in [7, 11) is -4.08. The first-order chi connectivity index (χ1) is 17.4. The lowest BCUT2D eigenvalue weighted by Crippen LogP contribution is -2.40. The summed E-state index contributed by atoms with van der Waals surface area (Å²) in [6.45, 7) is 4.31. The lowest BCUT2D eigenvalue weighted by molar-refractivity contribution is -0.119. The maximum absolute atomic E-state index is 13.5. The number of amides is 1. The summed E-state index contributed by atoms with van der Waals surface area (Å²) < 4.78 is 44.9. The number of sulfonamides is 1. The summed E-state index contributed by atoms with van der Waals surface area (Å²) in [6, 6.07) is 20.0. The molecule has 188 valence electrons. The third-order valence-electron chi connectivity index (χ3n) is 5.36. The van der Waals surface area contributed by atoms with Crippen LogP contribution in [0.25, 0.3) is 0 Å². The number of rotatable bonds is 9. The smallest absolute Gasteiger partial charge is 0.264 e. The Labute approximate surface area is 210 Å². The van der Waals surface area contributed by atoms with Crippen molar-refractivity contribution >= 4 is 27.3 Å². The number of ether oxygens (including phenoxy) is 3. The zero-order valence-corrected chi connectivity index (χ0v) is 20.8. The molecule has 0 fully saturated rings. The van der Waals surface area contributed by atoms with Crippen LogP contribution in [0.1, 0.15) is 19.4 Å². The Hall–Kier alpha value is -4.05. The number of carbonyl (C=O) groups is 1. The van der Waals surface area contributed by atoms with Crippen LogP contribution >= 0.6 is 0 Å². The maximum atomic E-state index is 13.5. The van der Waals surface area contributed by atoms with E-state index in [0.717, 1.165) is 9.87 Å². The molecule has 4 rings (SSSR count). The quantitative estimate of drug-likeness (QED) is 0.349. The molecule has 3 aromatic carbocycles. The van der Waals surface area contributed by atoms with E-state index >= 15 is 0 Å². The first-order valence-corrected chi connectivity index (χ1v) is 12.9. The van der Waals surface area contributed by atoms with Gasteiger partial charge in [0.15, 0.2) is 11.5 Å². The molecule has 36 heavy (non-hydrogen) atoms. The van der Waals surface area contributed by atoms with Gasteiger partial charge in [-0.2, -0.15) is 5.10 Å². The van der Waals surface area contributed by atoms with Crippen molar-refractivity contribution in [3.05, 3.63) is 78.4 Å². The van der Waals surface area contributed by atoms with Crippen LogP contribution in [0.5, 0.6) is 17.2 Å². The Bertz CT molecular complexity index is 1360. The topological polar surface area (TPSA) is 107 Å². The minimum atomic E-state index is -4.08. The summed E-state index contributed by atoms with van der Waals surface area (Å²) in [4.78, 5) is 13.0. The van der Waals surface area contributed by atoms with Gasteiger partial charge in [0.1, 0.15) is 25.5 Å². The number of carbonyl (C=O) groups excluding carboxylic acids is 1. The first kappa shape index (κ1) is 25.1. The van der Waals surface area contributed by atoms with E-state index in [1.54, 1.807) is 68.4 Å². The molecule has 0 bridgehead atoms. The molecular formula is C26H27N3O6S. The standard InChI is InChI=1S/C26H27N3O6S/c1-3-33-23-12-8-7-11-22(23)29(36(31,32)21-9-5-4-6-10-21)18-26(30)28-27-19(2)20-13-14-24-25(17-20)35-16-15-34-24/h4-14,17H,3,15-16,18H2,1-2H3,(H,28,30)/b27-19-. The van der Waals surface area contributed by atoms with Crippen molar-refractivity contribution in [1.29, 1.82) is 0 Å². The van der Waals surface area contributed by atoms with Crippen LogP contribution in [-0.2, 0) is 14.8 Å². The molecule has 1 heterocycles. The lowest BCUT2D eigenvalue weighted by Gasteiger charge is -2.25. The van der Waals surface area contributed by atoms with Gasteiger partial charge < -0.3 is 14.2 Å². The maximum Gasteiger partial charge on any atom is 0.264 e. The van der Waals surface area contributed by atoms with E-state index in [2.05, 4.69) is 10.5 Å². The third-order valence-corrected chi connectivity index (χ3v) is 7.13. The van der Waals surface area contributed by atoms with Crippen LogP contribution in [-0.4, -0.2) is 46.4 Å². The number of anilines is 1. The van der Waals surface area contributed by atoms with E-state index in [4.69, 9.17) is 14.2 Å². The Morgan fingerprint density at radius 3 is 2.44 bits per heavy atom. The highest BCUT2D eigenvalue weighted by atomic mass is 32.2. The Morgan fingerprint density at radius 1 is 1.00 bits per heavy atom. The zero-order chi connectivity index (χ0) is 25.5. The summed E-state index contributed by atoms with van der Waals surface area (Å²) >= 11 is 0. The second-order valence-electron chi connectivity index (χ2n) is 7.82. The van der Waals surface area contributed by atoms with Gasteiger partial charge in [-0.05, 0) is 56.3 Å². The van der Waals surface area contributed by atoms with Crippen LogP contribution < -0.4 is 23.9 Å². The van der Waals surface area contributed by atoms with Crippen molar-refractivity contribution in [1.82, 2.24) is 5.43 Å². The minimum absolute atomic E-state index is 0.0556. The number of para-hydroxylation sites is 2. The van der Waals surface area contributed by atoms with Gasteiger partial charge in [-0.25, -0.2) is 13.8 Å². The van der Waals surface area contributed by atoms with Crippen molar-refractivity contribution in [3.63, 3.8) is 0 Å². The van der Waals surface area contributed by atoms with Crippen LogP contribution in [0.15, 0.2) is 82.8 Å². The van der Waals surface area contributed by atoms with Gasteiger partial charge in [-0.1, -0.05) is 30.3 Å². The summed E-state index contributed by atoms with van der Waals surface area (Å²) in [5.74, 6) is 0.991. The molecule has 0 aliphatic carbocycles. The SMILES string of the molecule is CCOc1ccccc1N(CC(=O)N/N=C(/C)c1ccc2c(c1)OCCO2)S(=O)(=O)c1ccccc1. The minimum Gasteiger partial charge on any atom is -0.492 e. The number of nitrogens with zero attached hydrogens (tertiary/aromatic N) is 2. The van der Waals surface area contributed by atoms with Gasteiger partial charge >= 0.3 is 0 Å². The van der Waals surface area contributed by atoms with E-state index in [0.29, 0.717) is 42.8 Å². The third kappa shape index (κ3) is 5.60. The molecule has 0 spiro atoms. The molecule has 0 saturated heterocycles. The van der Waals surface area contributed by atoms with Crippen molar-refractivity contribution in [2.24, 2.45) is 5.10 Å². The molecule has 1 aliphatic heterocycles. The second-order valence-corrected chi connectivity index (χ2v) is 9.68. The summed E-state index contributed by atoms with van der Waals surface area (Å²) in [5.41, 5.74) is 3.97. The normalized spacial score (nSPS) is 13.1. The van der Waals surface area contributed by atoms with E-state index in [9.17, 15) is 13.2 Å². The largest absolute Gasteiger partial charge is 0.492 e. The highest BCUT2D eigenvalue weighted by Gasteiger charge is 2.29. The molecule has 3 aromatic rings. The van der Waals surface area contributed by atoms with E-state index in [1.807, 2.05) is 6.07 Å². The Morgan fingerprint density at radius 2 is 1.69 bits per heavy atom. The second kappa shape index (κ2) is 11.1. The molecule has 9 nitrogen and oxygen atoms in total. The highest BCUT2D eigenvalue weighted by molar-refractivity contribution is 7.92. The van der Waals surface area contributed by atoms with Gasteiger partial charge in [0.25, 0.3) is 15.9 Å². The molecule has 1 amide bonds. The Balaban J connectivity index is 1.59. The number of hydrogen-bond acceptors (Lipinski definition) is 7. The average Bonchev–Trinajstić information content (AvgIpc) is 2.91. The van der Waals surface area contributed by atoms with E-state index < -0.39 is 22.5 Å². The number of nitrogens with one attached hydrogen (secondary N) is 1. The van der Waals surface area contributed by atoms with Gasteiger partial charge in [-0.15, -0.1) is 0 Å². The predicted octanol–water partition coefficient (Wildman–Crippen LogP) is 3.59. The number of hydrogen-bond donors (Lipinski definition) is 1. The monoisotopic (exact) mass is 509 g/mol. The van der Waals surface area contributed by atoms with Crippen LogP contribution in [0, 0.1) is 0 Å². The van der Waals surface area contributed by atoms with Crippen molar-refractivity contribution in [3.8, 4) is 17.2 Å². The summed E-state index contributed by atoms with van der Waals surface area (Å²) in [5, 5.41) is 4.17. The molecular weight excluding hydrogens is 482 g/mol. The molecule has 0 unspecified atom stereocenters. The fourth-order valence-electron chi connectivity index (χ4n) is 3.61. The number of benzene rings is 3. The van der Waals surface area contributed by atoms with Crippen molar-refractivity contribution in [2.45, 2.75) is 18.7 Å². The van der Waals surface area contributed by atoms with Gasteiger partial charge in [0.2, 0.25) is 0 Å². The van der Waals surface area contributed by atoms with Crippen LogP contribution in [0.2, 0.25) is 0 Å².